The molecule has 2 N–H and O–H groups in total. The lowest BCUT2D eigenvalue weighted by atomic mass is 10.1. The van der Waals surface area contributed by atoms with Gasteiger partial charge in [0.1, 0.15) is 22.6 Å². The molecule has 68 heavy (non-hydrogen) atoms. The van der Waals surface area contributed by atoms with Gasteiger partial charge in [0.05, 0.1) is 0 Å². The van der Waals surface area contributed by atoms with Crippen molar-refractivity contribution >= 4 is 91.2 Å². The Morgan fingerprint density at radius 1 is 0.338 bits per heavy atom. The van der Waals surface area contributed by atoms with Gasteiger partial charge in [-0.1, -0.05) is 153 Å². The number of rotatable bonds is 24. The molecule has 3 aromatic heterocycles. The van der Waals surface area contributed by atoms with E-state index in [1.807, 2.05) is 47.0 Å². The van der Waals surface area contributed by atoms with Crippen LogP contribution in [0.1, 0.15) is 130 Å². The van der Waals surface area contributed by atoms with Crippen LogP contribution in [0.25, 0.3) is 89.7 Å². The summed E-state index contributed by atoms with van der Waals surface area (Å²) in [5, 5.41) is 4.18. The molecule has 0 aliphatic carbocycles. The van der Waals surface area contributed by atoms with Crippen LogP contribution < -0.4 is 0 Å². The van der Waals surface area contributed by atoms with Gasteiger partial charge in [-0.3, -0.25) is 0 Å². The Bertz CT molecular complexity index is 2810. The van der Waals surface area contributed by atoms with Gasteiger partial charge >= 0.3 is 0 Å². The summed E-state index contributed by atoms with van der Waals surface area (Å²) < 4.78 is 0. The summed E-state index contributed by atoms with van der Waals surface area (Å²) in [6.07, 6.45) is 19.5. The van der Waals surface area contributed by atoms with E-state index in [1.54, 1.807) is 0 Å². The number of benzene rings is 4. The van der Waals surface area contributed by atoms with Gasteiger partial charge in [-0.15, -0.1) is 47.0 Å². The first-order valence-corrected chi connectivity index (χ1v) is 29.4. The van der Waals surface area contributed by atoms with Crippen LogP contribution in [-0.2, 0) is 0 Å². The maximum Gasteiger partial charge on any atom is 0.165 e. The number of unbranched alkanes of at least 4 members (excludes halogenated alkanes) is 12. The summed E-state index contributed by atoms with van der Waals surface area (Å²) in [5.41, 5.74) is 7.06. The summed E-state index contributed by atoms with van der Waals surface area (Å²) in [6, 6.07) is 26.3. The summed E-state index contributed by atoms with van der Waals surface area (Å²) in [6.45, 7) is 9.08. The maximum atomic E-state index is 5.52. The lowest BCUT2D eigenvalue weighted by Gasteiger charge is -2.07. The van der Waals surface area contributed by atoms with Crippen LogP contribution in [0, 0.1) is 0 Å². The van der Waals surface area contributed by atoms with Crippen LogP contribution in [0.5, 0.6) is 0 Å². The molecule has 0 unspecified atom stereocenters. The van der Waals surface area contributed by atoms with Crippen LogP contribution in [-0.4, -0.2) is 62.9 Å². The van der Waals surface area contributed by atoms with Crippen molar-refractivity contribution in [3.05, 3.63) is 72.8 Å². The molecule has 2 aliphatic heterocycles. The molecule has 2 aliphatic rings. The monoisotopic (exact) mass is 978 g/mol. The second-order valence-electron chi connectivity index (χ2n) is 18.0. The normalized spacial score (nSPS) is 12.1. The molecule has 0 saturated carbocycles. The highest BCUT2D eigenvalue weighted by molar-refractivity contribution is 8.00. The van der Waals surface area contributed by atoms with Crippen molar-refractivity contribution in [3.8, 4) is 45.6 Å². The van der Waals surface area contributed by atoms with Crippen molar-refractivity contribution in [1.29, 1.82) is 0 Å². The fraction of sp³-hybridized carbons (Fsp3) is 0.429. The molecule has 0 atom stereocenters. The maximum absolute atomic E-state index is 5.52. The van der Waals surface area contributed by atoms with Crippen molar-refractivity contribution < 1.29 is 0 Å². The molecule has 354 valence electrons. The third-order valence-corrected chi connectivity index (χ3v) is 17.4. The second-order valence-corrected chi connectivity index (χ2v) is 22.5. The highest BCUT2D eigenvalue weighted by atomic mass is 32.2. The van der Waals surface area contributed by atoms with Crippen molar-refractivity contribution in [1.82, 2.24) is 39.9 Å². The lowest BCUT2D eigenvalue weighted by molar-refractivity contribution is 0.706. The zero-order chi connectivity index (χ0) is 46.7. The number of nitrogens with zero attached hydrogens (tertiary/aromatic N) is 6. The third kappa shape index (κ3) is 11.0. The van der Waals surface area contributed by atoms with Crippen molar-refractivity contribution in [2.24, 2.45) is 0 Å². The molecule has 8 bridgehead atoms. The Kier molecular flexibility index (Phi) is 17.2. The number of thioether (sulfide) groups is 4. The first-order chi connectivity index (χ1) is 33.6. The molecule has 0 amide bonds. The van der Waals surface area contributed by atoms with E-state index in [-0.39, 0.29) is 0 Å². The Hall–Kier alpha value is -4.36. The van der Waals surface area contributed by atoms with Crippen LogP contribution in [0.15, 0.2) is 92.4 Å². The van der Waals surface area contributed by atoms with Gasteiger partial charge in [-0.2, -0.15) is 0 Å². The van der Waals surface area contributed by atoms with Gasteiger partial charge < -0.3 is 9.97 Å². The van der Waals surface area contributed by atoms with Gasteiger partial charge in [0, 0.05) is 63.4 Å². The van der Waals surface area contributed by atoms with Crippen LogP contribution in [0.2, 0.25) is 0 Å². The Morgan fingerprint density at radius 2 is 0.676 bits per heavy atom. The Morgan fingerprint density at radius 3 is 1.06 bits per heavy atom. The highest BCUT2D eigenvalue weighted by Crippen LogP contribution is 2.45. The third-order valence-electron chi connectivity index (χ3n) is 12.8. The average Bonchev–Trinajstić information content (AvgIpc) is 4.10. The fourth-order valence-electron chi connectivity index (χ4n) is 9.18. The molecule has 5 heterocycles. The fourth-order valence-corrected chi connectivity index (χ4v) is 13.5. The zero-order valence-corrected chi connectivity index (χ0v) is 43.7. The van der Waals surface area contributed by atoms with Crippen molar-refractivity contribution in [2.45, 2.75) is 150 Å². The second kappa shape index (κ2) is 24.0. The van der Waals surface area contributed by atoms with E-state index >= 15 is 0 Å². The van der Waals surface area contributed by atoms with Gasteiger partial charge in [-0.25, -0.2) is 29.9 Å². The smallest absolute Gasteiger partial charge is 0.165 e. The lowest BCUT2D eigenvalue weighted by Crippen LogP contribution is -1.88. The molecule has 0 fully saturated rings. The van der Waals surface area contributed by atoms with E-state index in [9.17, 15) is 0 Å². The summed E-state index contributed by atoms with van der Waals surface area (Å²) >= 11 is 7.63. The van der Waals surface area contributed by atoms with E-state index in [4.69, 9.17) is 29.9 Å². The first kappa shape index (κ1) is 48.7. The van der Waals surface area contributed by atoms with E-state index in [0.29, 0.717) is 23.3 Å². The molecule has 0 saturated heterocycles. The molecule has 9 rings (SSSR count). The van der Waals surface area contributed by atoms with E-state index in [0.717, 1.165) is 89.4 Å². The Labute approximate surface area is 419 Å². The van der Waals surface area contributed by atoms with Gasteiger partial charge in [-0.05, 0) is 73.0 Å². The molecule has 4 aromatic carbocycles. The van der Waals surface area contributed by atoms with E-state index in [2.05, 4.69) is 110 Å². The minimum atomic E-state index is 0.654. The van der Waals surface area contributed by atoms with Gasteiger partial charge in [0.2, 0.25) is 0 Å². The number of hydrogen-bond donors (Lipinski definition) is 2. The number of fused-ring (bicyclic) bond motifs is 20. The minimum Gasteiger partial charge on any atom is -0.324 e. The quantitative estimate of drug-likeness (QED) is 0.0449. The number of aromatic amines is 2. The summed E-state index contributed by atoms with van der Waals surface area (Å²) in [7, 11) is 0. The summed E-state index contributed by atoms with van der Waals surface area (Å²) in [4.78, 5) is 45.1. The van der Waals surface area contributed by atoms with Crippen LogP contribution in [0.4, 0.5) is 0 Å². The van der Waals surface area contributed by atoms with Crippen LogP contribution >= 0.6 is 47.0 Å². The van der Waals surface area contributed by atoms with Gasteiger partial charge in [0.25, 0.3) is 0 Å². The van der Waals surface area contributed by atoms with Crippen molar-refractivity contribution in [2.75, 3.05) is 23.0 Å². The molecule has 0 radical (unpaired) electrons. The predicted molar refractivity (Wildman–Crippen MR) is 296 cm³/mol. The molecule has 0 spiro atoms. The van der Waals surface area contributed by atoms with E-state index < -0.39 is 0 Å². The Balaban J connectivity index is 1.32. The molecule has 7 aromatic rings. The zero-order valence-electron chi connectivity index (χ0n) is 40.4. The predicted octanol–water partition coefficient (Wildman–Crippen LogP) is 17.6. The number of aromatic nitrogens is 8. The van der Waals surface area contributed by atoms with Crippen molar-refractivity contribution in [3.63, 3.8) is 0 Å². The van der Waals surface area contributed by atoms with Gasteiger partial charge in [0.15, 0.2) is 23.3 Å². The SMILES string of the molecule is CCCCCCSc1cccc2c1-c1nc-2nc2[nH]c(nc3nc(nc4[nH]c(n1)c1cccc(SCCCCCC)c41)-c1cccc(SCCCCCC)c1-3)c1cccc(SCCCCCC)c21. The highest BCUT2D eigenvalue weighted by Gasteiger charge is 2.26. The largest absolute Gasteiger partial charge is 0.324 e. The minimum absolute atomic E-state index is 0.654. The number of nitrogens with one attached hydrogen (secondary N) is 2. The number of hydrogen-bond acceptors (Lipinski definition) is 10. The molecular weight excluding hydrogens is 913 g/mol. The first-order valence-electron chi connectivity index (χ1n) is 25.5. The molecule has 8 nitrogen and oxygen atoms in total. The van der Waals surface area contributed by atoms with Crippen LogP contribution in [0.3, 0.4) is 0 Å². The summed E-state index contributed by atoms with van der Waals surface area (Å²) in [5.74, 6) is 6.80. The topological polar surface area (TPSA) is 109 Å². The number of H-pyrrole nitrogens is 2. The molecular formula is C56H66N8S4. The van der Waals surface area contributed by atoms with E-state index in [1.165, 1.54) is 122 Å². The standard InChI is InChI=1S/C56H66N8S4/c1-5-9-13-17-33-65-41-29-21-25-37-45(41)53-57-49(37)62-54-47-39(27-23-31-43(47)67-35-19-15-11-7-3)51(59-54)64-56-48-40(28-24-32-44(48)68-36-20-16-12-8-4)52(60-56)63-55-46-38(50(58-55)61-53)26-22-30-42(46)66-34-18-14-10-6-2/h21-32H,5-20,33-36H2,1-4H3,(H2,57,58,59,60,61,62,63,64). The average molecular weight is 979 g/mol. The molecule has 12 heteroatoms.